The lowest BCUT2D eigenvalue weighted by atomic mass is 9.67. The Bertz CT molecular complexity index is 643. The van der Waals surface area contributed by atoms with E-state index in [2.05, 4.69) is 15.0 Å². The number of pyridine rings is 1. The Hall–Kier alpha value is -1.90. The average molecular weight is 389 g/mol. The highest BCUT2D eigenvalue weighted by Gasteiger charge is 2.42. The number of rotatable bonds is 6. The van der Waals surface area contributed by atoms with Gasteiger partial charge in [-0.15, -0.1) is 0 Å². The van der Waals surface area contributed by atoms with Crippen molar-refractivity contribution in [3.05, 3.63) is 23.9 Å². The molecule has 27 heavy (non-hydrogen) atoms. The maximum atomic E-state index is 12.9. The molecule has 9 heteroatoms. The number of hydrogen-bond acceptors (Lipinski definition) is 4. The van der Waals surface area contributed by atoms with E-state index in [1.165, 1.54) is 18.3 Å². The molecule has 3 rings (SSSR count). The first-order chi connectivity index (χ1) is 12.8. The maximum absolute atomic E-state index is 12.9. The minimum absolute atomic E-state index is 0.0757. The number of carbonyl (C=O) groups is 1. The van der Waals surface area contributed by atoms with E-state index >= 15 is 0 Å². The predicted octanol–water partition coefficient (Wildman–Crippen LogP) is 3.00. The maximum Gasteiger partial charge on any atom is 0.340 e. The Kier molecular flexibility index (Phi) is 5.88. The molecule has 2 fully saturated rings. The molecule has 0 aliphatic heterocycles. The SMILES string of the molecule is NC1CC2CCCC(C1)C2NC(=O)c1ccc(OCC(F)(F)C(F)F)nc1. The monoisotopic (exact) mass is 389 g/mol. The van der Waals surface area contributed by atoms with Crippen LogP contribution in [0.5, 0.6) is 5.88 Å². The number of aromatic nitrogens is 1. The number of fused-ring (bicyclic) bond motifs is 2. The van der Waals surface area contributed by atoms with Crippen molar-refractivity contribution in [2.24, 2.45) is 17.6 Å². The molecular weight excluding hydrogens is 366 g/mol. The number of nitrogens with one attached hydrogen (secondary N) is 1. The van der Waals surface area contributed by atoms with E-state index in [0.717, 1.165) is 32.1 Å². The quantitative estimate of drug-likeness (QED) is 0.734. The van der Waals surface area contributed by atoms with Gasteiger partial charge in [0.1, 0.15) is 0 Å². The van der Waals surface area contributed by atoms with Crippen LogP contribution in [-0.2, 0) is 0 Å². The first kappa shape index (κ1) is 19.9. The first-order valence-corrected chi connectivity index (χ1v) is 9.07. The van der Waals surface area contributed by atoms with Gasteiger partial charge < -0.3 is 15.8 Å². The van der Waals surface area contributed by atoms with E-state index in [-0.39, 0.29) is 29.4 Å². The lowest BCUT2D eigenvalue weighted by Gasteiger charge is -2.45. The minimum atomic E-state index is -4.25. The Morgan fingerprint density at radius 2 is 1.96 bits per heavy atom. The van der Waals surface area contributed by atoms with Gasteiger partial charge in [-0.05, 0) is 43.6 Å². The molecule has 0 radical (unpaired) electrons. The van der Waals surface area contributed by atoms with Gasteiger partial charge in [0, 0.05) is 24.3 Å². The van der Waals surface area contributed by atoms with Gasteiger partial charge in [0.15, 0.2) is 6.61 Å². The summed E-state index contributed by atoms with van der Waals surface area (Å²) in [7, 11) is 0. The van der Waals surface area contributed by atoms with Crippen molar-refractivity contribution in [3.63, 3.8) is 0 Å². The van der Waals surface area contributed by atoms with Crippen LogP contribution < -0.4 is 15.8 Å². The molecule has 2 saturated carbocycles. The third-order valence-electron chi connectivity index (χ3n) is 5.40. The van der Waals surface area contributed by atoms with Gasteiger partial charge in [-0.3, -0.25) is 4.79 Å². The number of ether oxygens (including phenoxy) is 1. The second-order valence-corrected chi connectivity index (χ2v) is 7.42. The van der Waals surface area contributed by atoms with Crippen molar-refractivity contribution in [2.75, 3.05) is 6.61 Å². The molecule has 1 heterocycles. The van der Waals surface area contributed by atoms with Crippen molar-refractivity contribution < 1.29 is 27.1 Å². The number of carbonyl (C=O) groups excluding carboxylic acids is 1. The van der Waals surface area contributed by atoms with E-state index in [9.17, 15) is 22.4 Å². The first-order valence-electron chi connectivity index (χ1n) is 9.07. The van der Waals surface area contributed by atoms with Crippen LogP contribution in [0.1, 0.15) is 42.5 Å². The smallest absolute Gasteiger partial charge is 0.340 e. The third kappa shape index (κ3) is 4.69. The van der Waals surface area contributed by atoms with Gasteiger partial charge in [-0.2, -0.15) is 8.78 Å². The van der Waals surface area contributed by atoms with E-state index in [1.54, 1.807) is 0 Å². The van der Waals surface area contributed by atoms with Gasteiger partial charge in [-0.25, -0.2) is 13.8 Å². The fourth-order valence-electron chi connectivity index (χ4n) is 4.09. The summed E-state index contributed by atoms with van der Waals surface area (Å²) < 4.78 is 54.6. The van der Waals surface area contributed by atoms with Crippen LogP contribution in [0.15, 0.2) is 18.3 Å². The molecule has 1 amide bonds. The summed E-state index contributed by atoms with van der Waals surface area (Å²) in [5, 5.41) is 3.05. The second kappa shape index (κ2) is 8.00. The summed E-state index contributed by atoms with van der Waals surface area (Å²) in [5.41, 5.74) is 6.35. The topological polar surface area (TPSA) is 77.2 Å². The van der Waals surface area contributed by atoms with Gasteiger partial charge in [0.25, 0.3) is 5.91 Å². The summed E-state index contributed by atoms with van der Waals surface area (Å²) in [4.78, 5) is 16.3. The van der Waals surface area contributed by atoms with Crippen molar-refractivity contribution >= 4 is 5.91 Å². The zero-order valence-electron chi connectivity index (χ0n) is 14.7. The molecule has 5 nitrogen and oxygen atoms in total. The standard InChI is InChI=1S/C18H23F4N3O2/c19-17(20)18(21,22)9-27-14-5-4-12(8-24-14)16(26)25-15-10-2-1-3-11(15)7-13(23)6-10/h4-5,8,10-11,13,15,17H,1-3,6-7,9,23H2,(H,25,26). The summed E-state index contributed by atoms with van der Waals surface area (Å²) >= 11 is 0. The molecule has 2 atom stereocenters. The molecule has 2 aliphatic carbocycles. The van der Waals surface area contributed by atoms with Crippen molar-refractivity contribution in [1.82, 2.24) is 10.3 Å². The van der Waals surface area contributed by atoms with E-state index in [1.807, 2.05) is 0 Å². The molecule has 0 aromatic carbocycles. The molecule has 1 aromatic heterocycles. The molecule has 2 aliphatic rings. The van der Waals surface area contributed by atoms with Crippen LogP contribution in [0.3, 0.4) is 0 Å². The number of amides is 1. The number of alkyl halides is 4. The highest BCUT2D eigenvalue weighted by Crippen LogP contribution is 2.39. The lowest BCUT2D eigenvalue weighted by Crippen LogP contribution is -2.53. The predicted molar refractivity (Wildman–Crippen MR) is 90.0 cm³/mol. The van der Waals surface area contributed by atoms with Crippen molar-refractivity contribution in [2.45, 2.75) is 56.5 Å². The largest absolute Gasteiger partial charge is 0.471 e. The van der Waals surface area contributed by atoms with Crippen molar-refractivity contribution in [1.29, 1.82) is 0 Å². The van der Waals surface area contributed by atoms with E-state index in [0.29, 0.717) is 11.8 Å². The molecular formula is C18H23F4N3O2. The minimum Gasteiger partial charge on any atom is -0.471 e. The Balaban J connectivity index is 1.58. The van der Waals surface area contributed by atoms with Gasteiger partial charge in [-0.1, -0.05) is 6.42 Å². The Morgan fingerprint density at radius 1 is 1.30 bits per heavy atom. The molecule has 0 saturated heterocycles. The number of halogens is 4. The summed E-state index contributed by atoms with van der Waals surface area (Å²) in [6.07, 6.45) is 2.39. The summed E-state index contributed by atoms with van der Waals surface area (Å²) in [6, 6.07) is 2.85. The van der Waals surface area contributed by atoms with Gasteiger partial charge in [0.05, 0.1) is 5.56 Å². The fraction of sp³-hybridized carbons (Fsp3) is 0.667. The normalized spacial score (nSPS) is 28.1. The lowest BCUT2D eigenvalue weighted by molar-refractivity contribution is -0.148. The molecule has 2 unspecified atom stereocenters. The summed E-state index contributed by atoms with van der Waals surface area (Å²) in [5.74, 6) is -4.07. The average Bonchev–Trinajstić information content (AvgIpc) is 2.61. The van der Waals surface area contributed by atoms with E-state index < -0.39 is 19.0 Å². The molecule has 1 aromatic rings. The fourth-order valence-corrected chi connectivity index (χ4v) is 4.09. The van der Waals surface area contributed by atoms with Gasteiger partial charge in [0.2, 0.25) is 5.88 Å². The van der Waals surface area contributed by atoms with E-state index in [4.69, 9.17) is 5.73 Å². The van der Waals surface area contributed by atoms with Crippen LogP contribution in [0, 0.1) is 11.8 Å². The third-order valence-corrected chi connectivity index (χ3v) is 5.40. The zero-order valence-corrected chi connectivity index (χ0v) is 14.7. The molecule has 2 bridgehead atoms. The molecule has 0 spiro atoms. The van der Waals surface area contributed by atoms with Gasteiger partial charge >= 0.3 is 12.3 Å². The number of nitrogens with zero attached hydrogens (tertiary/aromatic N) is 1. The Labute approximate surface area is 154 Å². The van der Waals surface area contributed by atoms with Crippen LogP contribution in [0.25, 0.3) is 0 Å². The zero-order chi connectivity index (χ0) is 19.6. The summed E-state index contributed by atoms with van der Waals surface area (Å²) in [6.45, 7) is -1.48. The van der Waals surface area contributed by atoms with Crippen LogP contribution in [-0.4, -0.2) is 41.9 Å². The second-order valence-electron chi connectivity index (χ2n) is 7.42. The number of nitrogens with two attached hydrogens (primary N) is 1. The highest BCUT2D eigenvalue weighted by atomic mass is 19.3. The molecule has 3 N–H and O–H groups in total. The van der Waals surface area contributed by atoms with Crippen LogP contribution in [0.2, 0.25) is 0 Å². The number of hydrogen-bond donors (Lipinski definition) is 2. The Morgan fingerprint density at radius 3 is 2.52 bits per heavy atom. The molecule has 150 valence electrons. The van der Waals surface area contributed by atoms with Crippen molar-refractivity contribution in [3.8, 4) is 5.88 Å². The highest BCUT2D eigenvalue weighted by molar-refractivity contribution is 5.94. The van der Waals surface area contributed by atoms with Crippen LogP contribution in [0.4, 0.5) is 17.6 Å². The van der Waals surface area contributed by atoms with Crippen LogP contribution >= 0.6 is 0 Å².